The lowest BCUT2D eigenvalue weighted by atomic mass is 9.77. The van der Waals surface area contributed by atoms with Crippen LogP contribution in [0.2, 0.25) is 0 Å². The second kappa shape index (κ2) is 2.06. The minimum Gasteiger partial charge on any atom is -0.375 e. The van der Waals surface area contributed by atoms with E-state index in [0.29, 0.717) is 6.61 Å². The topological polar surface area (TPSA) is 26.3 Å². The summed E-state index contributed by atoms with van der Waals surface area (Å²) < 4.78 is 5.42. The number of hydrogen-bond donors (Lipinski definition) is 0. The number of carbonyl (C=O) groups is 1. The zero-order chi connectivity index (χ0) is 7.83. The molecular formula is C8H14O2. The van der Waals surface area contributed by atoms with Gasteiger partial charge in [0.1, 0.15) is 6.29 Å². The highest BCUT2D eigenvalue weighted by atomic mass is 16.5. The van der Waals surface area contributed by atoms with E-state index in [2.05, 4.69) is 0 Å². The van der Waals surface area contributed by atoms with Crippen molar-refractivity contribution in [3.05, 3.63) is 0 Å². The van der Waals surface area contributed by atoms with Gasteiger partial charge in [0.15, 0.2) is 0 Å². The van der Waals surface area contributed by atoms with Crippen LogP contribution in [0.25, 0.3) is 0 Å². The Morgan fingerprint density at radius 2 is 2.00 bits per heavy atom. The Morgan fingerprint density at radius 3 is 2.20 bits per heavy atom. The van der Waals surface area contributed by atoms with Gasteiger partial charge in [-0.25, -0.2) is 0 Å². The molecule has 0 saturated carbocycles. The van der Waals surface area contributed by atoms with E-state index in [0.717, 1.165) is 12.7 Å². The smallest absolute Gasteiger partial charge is 0.128 e. The van der Waals surface area contributed by atoms with Crippen molar-refractivity contribution in [3.8, 4) is 0 Å². The maximum absolute atomic E-state index is 10.7. The van der Waals surface area contributed by atoms with E-state index in [-0.39, 0.29) is 11.0 Å². The van der Waals surface area contributed by atoms with Crippen LogP contribution in [0.3, 0.4) is 0 Å². The van der Waals surface area contributed by atoms with Crippen LogP contribution in [0.1, 0.15) is 27.2 Å². The first-order valence-electron chi connectivity index (χ1n) is 3.62. The molecule has 0 aromatic rings. The van der Waals surface area contributed by atoms with Gasteiger partial charge in [0.05, 0.1) is 11.0 Å². The van der Waals surface area contributed by atoms with E-state index in [9.17, 15) is 4.79 Å². The van der Waals surface area contributed by atoms with Gasteiger partial charge >= 0.3 is 0 Å². The molecule has 0 amide bonds. The van der Waals surface area contributed by atoms with Crippen LogP contribution >= 0.6 is 0 Å². The summed E-state index contributed by atoms with van der Waals surface area (Å²) >= 11 is 0. The quantitative estimate of drug-likeness (QED) is 0.517. The Morgan fingerprint density at radius 1 is 1.40 bits per heavy atom. The molecule has 1 unspecified atom stereocenters. The predicted octanol–water partition coefficient (Wildman–Crippen LogP) is 1.39. The van der Waals surface area contributed by atoms with Crippen molar-refractivity contribution in [1.82, 2.24) is 0 Å². The lowest BCUT2D eigenvalue weighted by molar-refractivity contribution is -0.123. The largest absolute Gasteiger partial charge is 0.375 e. The zero-order valence-electron chi connectivity index (χ0n) is 6.81. The number of rotatable bonds is 1. The van der Waals surface area contributed by atoms with Gasteiger partial charge in [-0.05, 0) is 20.3 Å². The van der Waals surface area contributed by atoms with Crippen molar-refractivity contribution in [2.75, 3.05) is 6.61 Å². The van der Waals surface area contributed by atoms with Crippen molar-refractivity contribution < 1.29 is 9.53 Å². The molecule has 1 fully saturated rings. The van der Waals surface area contributed by atoms with Crippen LogP contribution in [0.5, 0.6) is 0 Å². The molecule has 1 aliphatic heterocycles. The summed E-state index contributed by atoms with van der Waals surface area (Å²) in [7, 11) is 0. The molecule has 1 saturated heterocycles. The first-order chi connectivity index (χ1) is 4.52. The highest BCUT2D eigenvalue weighted by Crippen LogP contribution is 2.40. The van der Waals surface area contributed by atoms with Crippen molar-refractivity contribution in [3.63, 3.8) is 0 Å². The van der Waals surface area contributed by atoms with Crippen molar-refractivity contribution in [2.45, 2.75) is 32.8 Å². The summed E-state index contributed by atoms with van der Waals surface area (Å²) in [5.41, 5.74) is -0.540. The fraction of sp³-hybridized carbons (Fsp3) is 0.875. The number of aldehydes is 1. The normalized spacial score (nSPS) is 37.9. The van der Waals surface area contributed by atoms with Gasteiger partial charge in [0.2, 0.25) is 0 Å². The SMILES string of the molecule is CC1(C=O)CCOC1(C)C. The van der Waals surface area contributed by atoms with E-state index in [1.54, 1.807) is 0 Å². The average molecular weight is 142 g/mol. The van der Waals surface area contributed by atoms with Crippen molar-refractivity contribution in [1.29, 1.82) is 0 Å². The molecule has 0 radical (unpaired) electrons. The summed E-state index contributed by atoms with van der Waals surface area (Å²) in [5, 5.41) is 0. The minimum absolute atomic E-state index is 0.269. The summed E-state index contributed by atoms with van der Waals surface area (Å²) in [5.74, 6) is 0. The molecule has 0 N–H and O–H groups in total. The molecule has 1 atom stereocenters. The fourth-order valence-corrected chi connectivity index (χ4v) is 1.18. The van der Waals surface area contributed by atoms with Gasteiger partial charge in [-0.2, -0.15) is 0 Å². The predicted molar refractivity (Wildman–Crippen MR) is 38.8 cm³/mol. The lowest BCUT2D eigenvalue weighted by Gasteiger charge is -2.31. The highest BCUT2D eigenvalue weighted by Gasteiger charge is 2.46. The Balaban J connectivity index is 2.85. The van der Waals surface area contributed by atoms with E-state index < -0.39 is 0 Å². The molecule has 0 bridgehead atoms. The highest BCUT2D eigenvalue weighted by molar-refractivity contribution is 5.61. The maximum atomic E-state index is 10.7. The summed E-state index contributed by atoms with van der Waals surface area (Å²) in [6, 6.07) is 0. The third-order valence-corrected chi connectivity index (χ3v) is 2.72. The lowest BCUT2D eigenvalue weighted by Crippen LogP contribution is -2.38. The number of carbonyl (C=O) groups excluding carboxylic acids is 1. The Kier molecular flexibility index (Phi) is 1.59. The molecule has 0 spiro atoms. The Hall–Kier alpha value is -0.370. The summed E-state index contributed by atoms with van der Waals surface area (Å²) in [6.45, 7) is 6.60. The monoisotopic (exact) mass is 142 g/mol. The van der Waals surface area contributed by atoms with Gasteiger partial charge < -0.3 is 9.53 Å². The Labute approximate surface area is 61.6 Å². The van der Waals surface area contributed by atoms with Crippen LogP contribution in [-0.4, -0.2) is 18.5 Å². The fourth-order valence-electron chi connectivity index (χ4n) is 1.18. The van der Waals surface area contributed by atoms with Crippen molar-refractivity contribution in [2.24, 2.45) is 5.41 Å². The minimum atomic E-state index is -0.271. The van der Waals surface area contributed by atoms with Crippen LogP contribution in [0.4, 0.5) is 0 Å². The molecular weight excluding hydrogens is 128 g/mol. The molecule has 0 aromatic carbocycles. The van der Waals surface area contributed by atoms with Crippen LogP contribution in [0.15, 0.2) is 0 Å². The van der Waals surface area contributed by atoms with E-state index in [1.807, 2.05) is 20.8 Å². The van der Waals surface area contributed by atoms with Crippen molar-refractivity contribution >= 4 is 6.29 Å². The third-order valence-electron chi connectivity index (χ3n) is 2.72. The van der Waals surface area contributed by atoms with Gasteiger partial charge in [0.25, 0.3) is 0 Å². The molecule has 58 valence electrons. The molecule has 2 heteroatoms. The first-order valence-corrected chi connectivity index (χ1v) is 3.62. The van der Waals surface area contributed by atoms with Crippen LogP contribution < -0.4 is 0 Å². The van der Waals surface area contributed by atoms with E-state index >= 15 is 0 Å². The molecule has 1 heterocycles. The van der Waals surface area contributed by atoms with Crippen LogP contribution in [-0.2, 0) is 9.53 Å². The second-order valence-electron chi connectivity index (χ2n) is 3.64. The van der Waals surface area contributed by atoms with Gasteiger partial charge in [-0.15, -0.1) is 0 Å². The van der Waals surface area contributed by atoms with Gasteiger partial charge in [-0.3, -0.25) is 0 Å². The first kappa shape index (κ1) is 7.73. The van der Waals surface area contributed by atoms with Crippen LogP contribution in [0, 0.1) is 5.41 Å². The molecule has 1 aliphatic rings. The van der Waals surface area contributed by atoms with Gasteiger partial charge in [0, 0.05) is 6.61 Å². The average Bonchev–Trinajstić information content (AvgIpc) is 2.10. The molecule has 10 heavy (non-hydrogen) atoms. The van der Waals surface area contributed by atoms with E-state index in [1.165, 1.54) is 0 Å². The summed E-state index contributed by atoms with van der Waals surface area (Å²) in [4.78, 5) is 10.7. The molecule has 2 nitrogen and oxygen atoms in total. The third kappa shape index (κ3) is 0.870. The second-order valence-corrected chi connectivity index (χ2v) is 3.64. The Bertz CT molecular complexity index is 151. The van der Waals surface area contributed by atoms with Gasteiger partial charge in [-0.1, -0.05) is 6.92 Å². The number of ether oxygens (including phenoxy) is 1. The maximum Gasteiger partial charge on any atom is 0.128 e. The van der Waals surface area contributed by atoms with E-state index in [4.69, 9.17) is 4.74 Å². The summed E-state index contributed by atoms with van der Waals surface area (Å²) in [6.07, 6.45) is 1.86. The zero-order valence-corrected chi connectivity index (χ0v) is 6.81. The molecule has 0 aliphatic carbocycles. The number of hydrogen-bond acceptors (Lipinski definition) is 2. The standard InChI is InChI=1S/C8H14O2/c1-7(2)8(3,6-9)4-5-10-7/h6H,4-5H2,1-3H3. The molecule has 1 rings (SSSR count). The molecule has 0 aromatic heterocycles.